The fourth-order valence-electron chi connectivity index (χ4n) is 3.26. The van der Waals surface area contributed by atoms with Crippen molar-refractivity contribution in [2.75, 3.05) is 39.3 Å². The van der Waals surface area contributed by atoms with Gasteiger partial charge in [0.1, 0.15) is 0 Å². The van der Waals surface area contributed by atoms with E-state index in [1.54, 1.807) is 12.1 Å². The number of halogens is 2. The van der Waals surface area contributed by atoms with Gasteiger partial charge in [0.05, 0.1) is 16.5 Å². The highest BCUT2D eigenvalue weighted by molar-refractivity contribution is 6.42. The predicted molar refractivity (Wildman–Crippen MR) is 111 cm³/mol. The molecule has 0 unspecified atom stereocenters. The normalized spacial score (nSPS) is 15.6. The molecule has 3 rings (SSSR count). The van der Waals surface area contributed by atoms with Gasteiger partial charge in [0.2, 0.25) is 5.91 Å². The molecule has 0 aliphatic carbocycles. The van der Waals surface area contributed by atoms with Gasteiger partial charge in [-0.3, -0.25) is 14.6 Å². The first-order chi connectivity index (χ1) is 13.1. The molecule has 0 bridgehead atoms. The second kappa shape index (κ2) is 10.1. The first-order valence-electron chi connectivity index (χ1n) is 9.29. The highest BCUT2D eigenvalue weighted by Crippen LogP contribution is 2.22. The van der Waals surface area contributed by atoms with Crippen molar-refractivity contribution in [3.05, 3.63) is 69.7 Å². The largest absolute Gasteiger partial charge is 0.355 e. The summed E-state index contributed by atoms with van der Waals surface area (Å²) in [5.74, 6) is 0.0103. The van der Waals surface area contributed by atoms with Gasteiger partial charge in [-0.05, 0) is 23.3 Å². The van der Waals surface area contributed by atoms with Gasteiger partial charge in [0.15, 0.2) is 0 Å². The zero-order chi connectivity index (χ0) is 19.1. The lowest BCUT2D eigenvalue weighted by Gasteiger charge is -2.34. The highest BCUT2D eigenvalue weighted by atomic mass is 35.5. The number of piperazine rings is 1. The molecule has 2 aromatic rings. The molecule has 1 heterocycles. The summed E-state index contributed by atoms with van der Waals surface area (Å²) in [5.41, 5.74) is 2.23. The lowest BCUT2D eigenvalue weighted by Crippen LogP contribution is -2.48. The van der Waals surface area contributed by atoms with E-state index in [2.05, 4.69) is 45.4 Å². The van der Waals surface area contributed by atoms with Crippen LogP contribution in [0.4, 0.5) is 0 Å². The lowest BCUT2D eigenvalue weighted by atomic mass is 10.1. The molecule has 4 nitrogen and oxygen atoms in total. The van der Waals surface area contributed by atoms with Crippen LogP contribution in [0.5, 0.6) is 0 Å². The number of carbonyl (C=O) groups is 1. The summed E-state index contributed by atoms with van der Waals surface area (Å²) < 4.78 is 0. The van der Waals surface area contributed by atoms with Crippen molar-refractivity contribution in [3.8, 4) is 0 Å². The molecular formula is C21H25Cl2N3O. The number of rotatable bonds is 7. The van der Waals surface area contributed by atoms with E-state index in [4.69, 9.17) is 23.2 Å². The van der Waals surface area contributed by atoms with Crippen LogP contribution in [0.25, 0.3) is 0 Å². The Morgan fingerprint density at radius 1 is 0.889 bits per heavy atom. The molecular weight excluding hydrogens is 381 g/mol. The van der Waals surface area contributed by atoms with E-state index >= 15 is 0 Å². The van der Waals surface area contributed by atoms with Gasteiger partial charge in [-0.15, -0.1) is 0 Å². The summed E-state index contributed by atoms with van der Waals surface area (Å²) in [4.78, 5) is 17.0. The molecule has 0 aromatic heterocycles. The van der Waals surface area contributed by atoms with Gasteiger partial charge in [0.25, 0.3) is 0 Å². The third kappa shape index (κ3) is 6.51. The lowest BCUT2D eigenvalue weighted by molar-refractivity contribution is -0.120. The predicted octanol–water partition coefficient (Wildman–Crippen LogP) is 3.47. The molecule has 0 radical (unpaired) electrons. The monoisotopic (exact) mass is 405 g/mol. The van der Waals surface area contributed by atoms with E-state index in [1.165, 1.54) is 5.56 Å². The zero-order valence-corrected chi connectivity index (χ0v) is 16.8. The maximum absolute atomic E-state index is 12.1. The maximum Gasteiger partial charge on any atom is 0.224 e. The van der Waals surface area contributed by atoms with Crippen LogP contribution in [0.3, 0.4) is 0 Å². The van der Waals surface area contributed by atoms with Crippen molar-refractivity contribution in [2.45, 2.75) is 13.0 Å². The molecule has 2 aromatic carbocycles. The Labute approximate surface area is 171 Å². The summed E-state index contributed by atoms with van der Waals surface area (Å²) >= 11 is 11.9. The smallest absolute Gasteiger partial charge is 0.224 e. The summed E-state index contributed by atoms with van der Waals surface area (Å²) in [5, 5.41) is 3.98. The van der Waals surface area contributed by atoms with Crippen LogP contribution in [0.2, 0.25) is 10.0 Å². The van der Waals surface area contributed by atoms with E-state index in [-0.39, 0.29) is 5.91 Å². The average molecular weight is 406 g/mol. The Bertz CT molecular complexity index is 746. The van der Waals surface area contributed by atoms with E-state index in [0.717, 1.165) is 44.8 Å². The van der Waals surface area contributed by atoms with Crippen molar-refractivity contribution in [1.82, 2.24) is 15.1 Å². The molecule has 0 saturated carbocycles. The van der Waals surface area contributed by atoms with Crippen molar-refractivity contribution in [1.29, 1.82) is 0 Å². The van der Waals surface area contributed by atoms with Gasteiger partial charge >= 0.3 is 0 Å². The Kier molecular flexibility index (Phi) is 7.53. The van der Waals surface area contributed by atoms with Gasteiger partial charge in [-0.25, -0.2) is 0 Å². The minimum Gasteiger partial charge on any atom is -0.355 e. The topological polar surface area (TPSA) is 35.6 Å². The van der Waals surface area contributed by atoms with Crippen LogP contribution in [0, 0.1) is 0 Å². The Hall–Kier alpha value is -1.59. The molecule has 6 heteroatoms. The number of nitrogens with one attached hydrogen (secondary N) is 1. The number of benzene rings is 2. The Balaban J connectivity index is 1.33. The minimum absolute atomic E-state index is 0.0103. The van der Waals surface area contributed by atoms with Crippen molar-refractivity contribution >= 4 is 29.1 Å². The summed E-state index contributed by atoms with van der Waals surface area (Å²) in [6.45, 7) is 6.75. The van der Waals surface area contributed by atoms with Gasteiger partial charge < -0.3 is 5.32 Å². The molecule has 1 amide bonds. The molecule has 1 fully saturated rings. The van der Waals surface area contributed by atoms with Crippen molar-refractivity contribution in [3.63, 3.8) is 0 Å². The van der Waals surface area contributed by atoms with Gasteiger partial charge in [-0.2, -0.15) is 0 Å². The Morgan fingerprint density at radius 2 is 1.59 bits per heavy atom. The summed E-state index contributed by atoms with van der Waals surface area (Å²) in [7, 11) is 0. The van der Waals surface area contributed by atoms with E-state index in [0.29, 0.717) is 23.0 Å². The number of nitrogens with zero attached hydrogens (tertiary/aromatic N) is 2. The molecule has 144 valence electrons. The third-order valence-electron chi connectivity index (χ3n) is 4.81. The quantitative estimate of drug-likeness (QED) is 0.765. The van der Waals surface area contributed by atoms with Gasteiger partial charge in [0, 0.05) is 45.8 Å². The third-order valence-corrected chi connectivity index (χ3v) is 5.55. The zero-order valence-electron chi connectivity index (χ0n) is 15.3. The number of carbonyl (C=O) groups excluding carboxylic acids is 1. The summed E-state index contributed by atoms with van der Waals surface area (Å²) in [6, 6.07) is 15.9. The first kappa shape index (κ1) is 20.2. The van der Waals surface area contributed by atoms with Crippen LogP contribution in [-0.4, -0.2) is 55.0 Å². The second-order valence-corrected chi connectivity index (χ2v) is 7.69. The van der Waals surface area contributed by atoms with Crippen LogP contribution in [0.1, 0.15) is 11.1 Å². The Morgan fingerprint density at radius 3 is 2.30 bits per heavy atom. The van der Waals surface area contributed by atoms with Crippen LogP contribution < -0.4 is 5.32 Å². The number of amides is 1. The molecule has 1 N–H and O–H groups in total. The molecule has 27 heavy (non-hydrogen) atoms. The van der Waals surface area contributed by atoms with Crippen LogP contribution in [0.15, 0.2) is 48.5 Å². The molecule has 0 atom stereocenters. The molecule has 1 saturated heterocycles. The number of hydrogen-bond acceptors (Lipinski definition) is 3. The minimum atomic E-state index is 0.0103. The molecule has 1 aliphatic rings. The second-order valence-electron chi connectivity index (χ2n) is 6.88. The van der Waals surface area contributed by atoms with Gasteiger partial charge in [-0.1, -0.05) is 59.6 Å². The number of hydrogen-bond donors (Lipinski definition) is 1. The molecule has 0 spiro atoms. The van der Waals surface area contributed by atoms with Crippen molar-refractivity contribution in [2.24, 2.45) is 0 Å². The first-order valence-corrected chi connectivity index (χ1v) is 10.0. The fraction of sp³-hybridized carbons (Fsp3) is 0.381. The van der Waals surface area contributed by atoms with Crippen LogP contribution in [-0.2, 0) is 17.8 Å². The van der Waals surface area contributed by atoms with E-state index in [1.807, 2.05) is 6.07 Å². The summed E-state index contributed by atoms with van der Waals surface area (Å²) in [6.07, 6.45) is 0.321. The standard InChI is InChI=1S/C21H25Cl2N3O/c22-19-7-6-18(14-20(19)23)15-21(27)24-8-9-25-10-12-26(13-11-25)16-17-4-2-1-3-5-17/h1-7,14H,8-13,15-16H2,(H,24,27). The van der Waals surface area contributed by atoms with Crippen molar-refractivity contribution < 1.29 is 4.79 Å². The molecule has 1 aliphatic heterocycles. The van der Waals surface area contributed by atoms with E-state index in [9.17, 15) is 4.79 Å². The van der Waals surface area contributed by atoms with Crippen LogP contribution >= 0.6 is 23.2 Å². The van der Waals surface area contributed by atoms with E-state index < -0.39 is 0 Å². The average Bonchev–Trinajstić information content (AvgIpc) is 2.67. The fourth-order valence-corrected chi connectivity index (χ4v) is 3.58. The SMILES string of the molecule is O=C(Cc1ccc(Cl)c(Cl)c1)NCCN1CCN(Cc2ccccc2)CC1. The highest BCUT2D eigenvalue weighted by Gasteiger charge is 2.16. The maximum atomic E-state index is 12.1.